The molecule has 0 aromatic heterocycles. The zero-order valence-corrected chi connectivity index (χ0v) is 9.26. The first-order valence-electron chi connectivity index (χ1n) is 4.94. The lowest BCUT2D eigenvalue weighted by Gasteiger charge is -2.10. The third-order valence-electron chi connectivity index (χ3n) is 2.47. The van der Waals surface area contributed by atoms with Crippen molar-refractivity contribution in [3.05, 3.63) is 41.5 Å². The SMILES string of the molecule is C=CCCc1cc(C)c(OC)cc1C. The monoisotopic (exact) mass is 190 g/mol. The number of rotatable bonds is 4. The minimum Gasteiger partial charge on any atom is -0.496 e. The molecule has 1 rings (SSSR count). The van der Waals surface area contributed by atoms with Crippen molar-refractivity contribution in [3.8, 4) is 5.75 Å². The van der Waals surface area contributed by atoms with E-state index < -0.39 is 0 Å². The van der Waals surface area contributed by atoms with Crippen molar-refractivity contribution in [2.24, 2.45) is 0 Å². The van der Waals surface area contributed by atoms with E-state index in [1.54, 1.807) is 7.11 Å². The molecule has 0 radical (unpaired) electrons. The molecular formula is C13H18O. The summed E-state index contributed by atoms with van der Waals surface area (Å²) >= 11 is 0. The van der Waals surface area contributed by atoms with Crippen molar-refractivity contribution >= 4 is 0 Å². The fraction of sp³-hybridized carbons (Fsp3) is 0.385. The Morgan fingerprint density at radius 1 is 1.29 bits per heavy atom. The predicted molar refractivity (Wildman–Crippen MR) is 61.0 cm³/mol. The van der Waals surface area contributed by atoms with E-state index >= 15 is 0 Å². The second kappa shape index (κ2) is 4.85. The molecule has 0 N–H and O–H groups in total. The van der Waals surface area contributed by atoms with Crippen LogP contribution in [0.3, 0.4) is 0 Å². The highest BCUT2D eigenvalue weighted by atomic mass is 16.5. The molecule has 0 saturated carbocycles. The van der Waals surface area contributed by atoms with E-state index in [-0.39, 0.29) is 0 Å². The smallest absolute Gasteiger partial charge is 0.122 e. The number of allylic oxidation sites excluding steroid dienone is 1. The number of hydrogen-bond donors (Lipinski definition) is 0. The topological polar surface area (TPSA) is 9.23 Å². The van der Waals surface area contributed by atoms with Crippen LogP contribution in [-0.4, -0.2) is 7.11 Å². The summed E-state index contributed by atoms with van der Waals surface area (Å²) in [4.78, 5) is 0. The van der Waals surface area contributed by atoms with Gasteiger partial charge in [0.05, 0.1) is 7.11 Å². The van der Waals surface area contributed by atoms with Crippen LogP contribution in [0.4, 0.5) is 0 Å². The molecule has 1 aromatic rings. The van der Waals surface area contributed by atoms with Gasteiger partial charge in [-0.3, -0.25) is 0 Å². The van der Waals surface area contributed by atoms with Crippen molar-refractivity contribution in [1.82, 2.24) is 0 Å². The molecular weight excluding hydrogens is 172 g/mol. The first-order chi connectivity index (χ1) is 6.69. The van der Waals surface area contributed by atoms with Crippen LogP contribution in [0, 0.1) is 13.8 Å². The Kier molecular flexibility index (Phi) is 3.75. The van der Waals surface area contributed by atoms with Gasteiger partial charge in [0, 0.05) is 0 Å². The first-order valence-corrected chi connectivity index (χ1v) is 4.94. The van der Waals surface area contributed by atoms with Gasteiger partial charge >= 0.3 is 0 Å². The largest absolute Gasteiger partial charge is 0.496 e. The second-order valence-corrected chi connectivity index (χ2v) is 3.58. The maximum Gasteiger partial charge on any atom is 0.122 e. The van der Waals surface area contributed by atoms with Gasteiger partial charge in [-0.25, -0.2) is 0 Å². The molecule has 0 spiro atoms. The van der Waals surface area contributed by atoms with Gasteiger partial charge in [0.25, 0.3) is 0 Å². The van der Waals surface area contributed by atoms with Gasteiger partial charge in [0.15, 0.2) is 0 Å². The highest BCUT2D eigenvalue weighted by Crippen LogP contribution is 2.23. The summed E-state index contributed by atoms with van der Waals surface area (Å²) in [6.07, 6.45) is 4.06. The van der Waals surface area contributed by atoms with Crippen molar-refractivity contribution in [3.63, 3.8) is 0 Å². The minimum absolute atomic E-state index is 0.977. The van der Waals surface area contributed by atoms with Gasteiger partial charge in [0.2, 0.25) is 0 Å². The van der Waals surface area contributed by atoms with Crippen LogP contribution >= 0.6 is 0 Å². The number of ether oxygens (including phenoxy) is 1. The highest BCUT2D eigenvalue weighted by molar-refractivity contribution is 5.41. The molecule has 1 nitrogen and oxygen atoms in total. The number of hydrogen-bond acceptors (Lipinski definition) is 1. The van der Waals surface area contributed by atoms with E-state index in [4.69, 9.17) is 4.74 Å². The van der Waals surface area contributed by atoms with Crippen LogP contribution in [0.1, 0.15) is 23.1 Å². The molecule has 1 heteroatoms. The fourth-order valence-corrected chi connectivity index (χ4v) is 1.60. The summed E-state index contributed by atoms with van der Waals surface area (Å²) in [5.41, 5.74) is 3.90. The molecule has 0 heterocycles. The quantitative estimate of drug-likeness (QED) is 0.661. The van der Waals surface area contributed by atoms with Crippen molar-refractivity contribution in [2.75, 3.05) is 7.11 Å². The minimum atomic E-state index is 0.977. The Morgan fingerprint density at radius 3 is 2.57 bits per heavy atom. The molecule has 0 amide bonds. The predicted octanol–water partition coefficient (Wildman–Crippen LogP) is 3.43. The molecule has 0 unspecified atom stereocenters. The Hall–Kier alpha value is -1.24. The summed E-state index contributed by atoms with van der Waals surface area (Å²) in [5.74, 6) is 0.977. The number of aryl methyl sites for hydroxylation is 3. The lowest BCUT2D eigenvalue weighted by atomic mass is 10.0. The molecule has 0 aliphatic rings. The van der Waals surface area contributed by atoms with Crippen molar-refractivity contribution < 1.29 is 4.74 Å². The van der Waals surface area contributed by atoms with E-state index in [2.05, 4.69) is 32.6 Å². The van der Waals surface area contributed by atoms with Gasteiger partial charge in [-0.15, -0.1) is 6.58 Å². The van der Waals surface area contributed by atoms with Gasteiger partial charge in [0.1, 0.15) is 5.75 Å². The van der Waals surface area contributed by atoms with Crippen LogP contribution in [0.15, 0.2) is 24.8 Å². The summed E-state index contributed by atoms with van der Waals surface area (Å²) in [5, 5.41) is 0. The molecule has 0 bridgehead atoms. The van der Waals surface area contributed by atoms with Crippen LogP contribution < -0.4 is 4.74 Å². The van der Waals surface area contributed by atoms with Crippen molar-refractivity contribution in [1.29, 1.82) is 0 Å². The average molecular weight is 190 g/mol. The summed E-state index contributed by atoms with van der Waals surface area (Å²) in [7, 11) is 1.71. The Labute approximate surface area is 86.4 Å². The summed E-state index contributed by atoms with van der Waals surface area (Å²) in [6, 6.07) is 4.31. The first kappa shape index (κ1) is 10.8. The van der Waals surface area contributed by atoms with E-state index in [1.807, 2.05) is 6.08 Å². The molecule has 1 aromatic carbocycles. The zero-order valence-electron chi connectivity index (χ0n) is 9.26. The van der Waals surface area contributed by atoms with Crippen LogP contribution in [-0.2, 0) is 6.42 Å². The van der Waals surface area contributed by atoms with Gasteiger partial charge in [-0.2, -0.15) is 0 Å². The maximum absolute atomic E-state index is 5.27. The molecule has 0 fully saturated rings. The molecule has 14 heavy (non-hydrogen) atoms. The standard InChI is InChI=1S/C13H18O/c1-5-6-7-12-8-11(3)13(14-4)9-10(12)2/h5,8-9H,1,6-7H2,2-4H3. The lowest BCUT2D eigenvalue weighted by Crippen LogP contribution is -1.94. The highest BCUT2D eigenvalue weighted by Gasteiger charge is 2.03. The van der Waals surface area contributed by atoms with E-state index in [9.17, 15) is 0 Å². The van der Waals surface area contributed by atoms with Gasteiger partial charge in [-0.1, -0.05) is 12.1 Å². The Balaban J connectivity index is 2.96. The third-order valence-corrected chi connectivity index (χ3v) is 2.47. The normalized spacial score (nSPS) is 9.93. The molecule has 76 valence electrons. The third kappa shape index (κ3) is 2.38. The number of benzene rings is 1. The van der Waals surface area contributed by atoms with Gasteiger partial charge < -0.3 is 4.74 Å². The van der Waals surface area contributed by atoms with Gasteiger partial charge in [-0.05, 0) is 49.4 Å². The maximum atomic E-state index is 5.27. The lowest BCUT2D eigenvalue weighted by molar-refractivity contribution is 0.411. The second-order valence-electron chi connectivity index (χ2n) is 3.58. The van der Waals surface area contributed by atoms with E-state index in [0.717, 1.165) is 18.6 Å². The van der Waals surface area contributed by atoms with Crippen LogP contribution in [0.25, 0.3) is 0 Å². The molecule has 0 aliphatic carbocycles. The van der Waals surface area contributed by atoms with Crippen LogP contribution in [0.2, 0.25) is 0 Å². The zero-order chi connectivity index (χ0) is 10.6. The Morgan fingerprint density at radius 2 is 2.00 bits per heavy atom. The number of methoxy groups -OCH3 is 1. The van der Waals surface area contributed by atoms with Crippen LogP contribution in [0.5, 0.6) is 5.75 Å². The van der Waals surface area contributed by atoms with E-state index in [0.29, 0.717) is 0 Å². The fourth-order valence-electron chi connectivity index (χ4n) is 1.60. The summed E-state index contributed by atoms with van der Waals surface area (Å²) in [6.45, 7) is 7.94. The summed E-state index contributed by atoms with van der Waals surface area (Å²) < 4.78 is 5.27. The van der Waals surface area contributed by atoms with E-state index in [1.165, 1.54) is 16.7 Å². The average Bonchev–Trinajstić information content (AvgIpc) is 2.18. The Bertz CT molecular complexity index is 326. The molecule has 0 saturated heterocycles. The molecule has 0 aliphatic heterocycles. The molecule has 0 atom stereocenters. The van der Waals surface area contributed by atoms with Crippen molar-refractivity contribution in [2.45, 2.75) is 26.7 Å².